The molecule has 0 unspecified atom stereocenters. The third kappa shape index (κ3) is 4.46. The predicted octanol–water partition coefficient (Wildman–Crippen LogP) is 4.73. The Morgan fingerprint density at radius 2 is 1.81 bits per heavy atom. The number of benzene rings is 1. The van der Waals surface area contributed by atoms with Crippen LogP contribution in [-0.4, -0.2) is 28.7 Å². The largest absolute Gasteiger partial charge is 0.417 e. The zero-order chi connectivity index (χ0) is 16.0. The van der Waals surface area contributed by atoms with E-state index in [2.05, 4.69) is 15.9 Å². The average Bonchev–Trinajstić information content (AvgIpc) is 2.46. The first kappa shape index (κ1) is 18.0. The van der Waals surface area contributed by atoms with E-state index in [9.17, 15) is 18.0 Å². The number of nitrogens with zero attached hydrogens (tertiary/aromatic N) is 1. The smallest absolute Gasteiger partial charge is 0.335 e. The molecule has 0 N–H and O–H groups in total. The van der Waals surface area contributed by atoms with Crippen LogP contribution in [-0.2, 0) is 6.18 Å². The lowest BCUT2D eigenvalue weighted by atomic mass is 10.0. The van der Waals surface area contributed by atoms with Crippen LogP contribution in [0.2, 0.25) is 0 Å². The van der Waals surface area contributed by atoms with Gasteiger partial charge in [0.1, 0.15) is 0 Å². The number of carbonyl (C=O) groups is 1. The maximum atomic E-state index is 13.0. The number of halogens is 4. The summed E-state index contributed by atoms with van der Waals surface area (Å²) in [5.41, 5.74) is -1.15. The molecule has 1 amide bonds. The van der Waals surface area contributed by atoms with Gasteiger partial charge in [-0.05, 0) is 25.0 Å². The van der Waals surface area contributed by atoms with Crippen molar-refractivity contribution in [2.45, 2.75) is 38.9 Å². The fraction of sp³-hybridized carbons (Fsp3) is 0.533. The summed E-state index contributed by atoms with van der Waals surface area (Å²) in [6, 6.07) is 4.89. The number of carbonyl (C=O) groups excluding carboxylic acids is 1. The average molecular weight is 366 g/mol. The van der Waals surface area contributed by atoms with Crippen molar-refractivity contribution in [1.29, 1.82) is 0 Å². The summed E-state index contributed by atoms with van der Waals surface area (Å²) < 4.78 is 39.1. The zero-order valence-electron chi connectivity index (χ0n) is 12.1. The van der Waals surface area contributed by atoms with Crippen LogP contribution in [0.4, 0.5) is 13.2 Å². The highest BCUT2D eigenvalue weighted by molar-refractivity contribution is 9.09. The van der Waals surface area contributed by atoms with Crippen molar-refractivity contribution >= 4 is 21.8 Å². The van der Waals surface area contributed by atoms with E-state index in [4.69, 9.17) is 0 Å². The van der Waals surface area contributed by atoms with E-state index in [1.807, 2.05) is 13.8 Å². The zero-order valence-corrected chi connectivity index (χ0v) is 13.7. The van der Waals surface area contributed by atoms with Crippen LogP contribution in [0.1, 0.15) is 42.6 Å². The molecule has 0 bridgehead atoms. The highest BCUT2D eigenvalue weighted by Crippen LogP contribution is 2.32. The molecule has 0 aliphatic rings. The van der Waals surface area contributed by atoms with Crippen LogP contribution in [0.15, 0.2) is 24.3 Å². The van der Waals surface area contributed by atoms with E-state index in [-0.39, 0.29) is 11.6 Å². The monoisotopic (exact) mass is 365 g/mol. The summed E-state index contributed by atoms with van der Waals surface area (Å²) in [6.07, 6.45) is -3.10. The van der Waals surface area contributed by atoms with Crippen molar-refractivity contribution in [1.82, 2.24) is 4.90 Å². The minimum atomic E-state index is -4.53. The van der Waals surface area contributed by atoms with Gasteiger partial charge in [0.25, 0.3) is 5.91 Å². The van der Waals surface area contributed by atoms with E-state index in [0.717, 1.165) is 6.07 Å². The molecule has 0 aliphatic carbocycles. The summed E-state index contributed by atoms with van der Waals surface area (Å²) in [6.45, 7) is 4.24. The molecule has 1 rings (SSSR count). The Balaban J connectivity index is 3.21. The molecule has 1 aromatic rings. The van der Waals surface area contributed by atoms with Gasteiger partial charge in [0.2, 0.25) is 0 Å². The number of amides is 1. The molecule has 0 saturated carbocycles. The van der Waals surface area contributed by atoms with Crippen LogP contribution < -0.4 is 0 Å². The molecule has 0 radical (unpaired) electrons. The van der Waals surface area contributed by atoms with Gasteiger partial charge in [-0.25, -0.2) is 0 Å². The van der Waals surface area contributed by atoms with E-state index in [0.29, 0.717) is 24.7 Å². The summed E-state index contributed by atoms with van der Waals surface area (Å²) in [5.74, 6) is -0.559. The van der Waals surface area contributed by atoms with E-state index < -0.39 is 17.6 Å². The van der Waals surface area contributed by atoms with E-state index >= 15 is 0 Å². The second-order valence-electron chi connectivity index (χ2n) is 4.70. The summed E-state index contributed by atoms with van der Waals surface area (Å²) in [7, 11) is 0. The second kappa shape index (κ2) is 7.82. The second-order valence-corrected chi connectivity index (χ2v) is 5.49. The molecule has 21 heavy (non-hydrogen) atoms. The van der Waals surface area contributed by atoms with Crippen LogP contribution in [0.3, 0.4) is 0 Å². The molecular weight excluding hydrogens is 347 g/mol. The first-order valence-electron chi connectivity index (χ1n) is 6.89. The molecule has 118 valence electrons. The maximum absolute atomic E-state index is 13.0. The van der Waals surface area contributed by atoms with Gasteiger partial charge >= 0.3 is 6.18 Å². The van der Waals surface area contributed by atoms with Crippen LogP contribution in [0.5, 0.6) is 0 Å². The molecule has 0 heterocycles. The third-order valence-electron chi connectivity index (χ3n) is 3.43. The lowest BCUT2D eigenvalue weighted by Crippen LogP contribution is -2.41. The van der Waals surface area contributed by atoms with Gasteiger partial charge < -0.3 is 4.90 Å². The first-order chi connectivity index (χ1) is 9.86. The molecule has 6 heteroatoms. The molecule has 0 aromatic heterocycles. The molecular formula is C15H19BrF3NO. The van der Waals surface area contributed by atoms with Gasteiger partial charge in [-0.1, -0.05) is 41.9 Å². The SMILES string of the molecule is CCC(CC)N(CCBr)C(=O)c1ccccc1C(F)(F)F. The van der Waals surface area contributed by atoms with Crippen LogP contribution in [0.25, 0.3) is 0 Å². The quantitative estimate of drug-likeness (QED) is 0.667. The van der Waals surface area contributed by atoms with Gasteiger partial charge in [-0.15, -0.1) is 0 Å². The van der Waals surface area contributed by atoms with Crippen molar-refractivity contribution in [3.05, 3.63) is 35.4 Å². The van der Waals surface area contributed by atoms with Crippen LogP contribution >= 0.6 is 15.9 Å². The van der Waals surface area contributed by atoms with Crippen molar-refractivity contribution in [3.8, 4) is 0 Å². The Morgan fingerprint density at radius 1 is 1.24 bits per heavy atom. The van der Waals surface area contributed by atoms with Gasteiger partial charge in [0.05, 0.1) is 11.1 Å². The Morgan fingerprint density at radius 3 is 2.29 bits per heavy atom. The van der Waals surface area contributed by atoms with Gasteiger partial charge in [-0.3, -0.25) is 4.79 Å². The first-order valence-corrected chi connectivity index (χ1v) is 8.02. The lowest BCUT2D eigenvalue weighted by Gasteiger charge is -2.31. The van der Waals surface area contributed by atoms with Crippen molar-refractivity contribution in [2.24, 2.45) is 0 Å². The molecule has 2 nitrogen and oxygen atoms in total. The summed E-state index contributed by atoms with van der Waals surface area (Å²) in [5, 5.41) is 0.531. The van der Waals surface area contributed by atoms with E-state index in [1.165, 1.54) is 23.1 Å². The molecule has 0 saturated heterocycles. The standard InChI is InChI=1S/C15H19BrF3NO/c1-3-11(4-2)20(10-9-16)14(21)12-7-5-6-8-13(12)15(17,18)19/h5-8,11H,3-4,9-10H2,1-2H3. The third-order valence-corrected chi connectivity index (χ3v) is 3.79. The number of hydrogen-bond acceptors (Lipinski definition) is 1. The number of alkyl halides is 4. The topological polar surface area (TPSA) is 20.3 Å². The maximum Gasteiger partial charge on any atom is 0.417 e. The van der Waals surface area contributed by atoms with Gasteiger partial charge in [-0.2, -0.15) is 13.2 Å². The van der Waals surface area contributed by atoms with Crippen molar-refractivity contribution in [2.75, 3.05) is 11.9 Å². The van der Waals surface area contributed by atoms with Crippen LogP contribution in [0, 0.1) is 0 Å². The minimum Gasteiger partial charge on any atom is -0.335 e. The highest BCUT2D eigenvalue weighted by Gasteiger charge is 2.36. The predicted molar refractivity (Wildman–Crippen MR) is 80.6 cm³/mol. The van der Waals surface area contributed by atoms with Gasteiger partial charge in [0.15, 0.2) is 0 Å². The lowest BCUT2D eigenvalue weighted by molar-refractivity contribution is -0.138. The summed E-state index contributed by atoms with van der Waals surface area (Å²) >= 11 is 3.26. The Hall–Kier alpha value is -1.04. The molecule has 0 atom stereocenters. The Bertz CT molecular complexity index is 472. The fourth-order valence-corrected chi connectivity index (χ4v) is 2.72. The molecule has 0 aliphatic heterocycles. The highest BCUT2D eigenvalue weighted by atomic mass is 79.9. The Kier molecular flexibility index (Phi) is 6.71. The normalized spacial score (nSPS) is 11.8. The van der Waals surface area contributed by atoms with Gasteiger partial charge in [0, 0.05) is 17.9 Å². The number of rotatable bonds is 6. The number of hydrogen-bond donors (Lipinski definition) is 0. The molecule has 0 spiro atoms. The molecule has 1 aromatic carbocycles. The minimum absolute atomic E-state index is 0.0589. The summed E-state index contributed by atoms with van der Waals surface area (Å²) in [4.78, 5) is 14.1. The Labute approximate surface area is 131 Å². The van der Waals surface area contributed by atoms with Crippen molar-refractivity contribution in [3.63, 3.8) is 0 Å². The van der Waals surface area contributed by atoms with E-state index in [1.54, 1.807) is 0 Å². The fourth-order valence-electron chi connectivity index (χ4n) is 2.34. The van der Waals surface area contributed by atoms with Crippen molar-refractivity contribution < 1.29 is 18.0 Å². The molecule has 0 fully saturated rings.